The van der Waals surface area contributed by atoms with Crippen molar-refractivity contribution in [2.75, 3.05) is 6.26 Å². The monoisotopic (exact) mass is 234 g/mol. The summed E-state index contributed by atoms with van der Waals surface area (Å²) >= 11 is 4.70. The number of thioether (sulfide) groups is 1. The lowest BCUT2D eigenvalue weighted by Gasteiger charge is -2.02. The number of benzene rings is 1. The highest BCUT2D eigenvalue weighted by Crippen LogP contribution is 2.25. The molecule has 0 aromatic heterocycles. The van der Waals surface area contributed by atoms with Crippen LogP contribution < -0.4 is 0 Å². The first-order chi connectivity index (χ1) is 5.15. The van der Waals surface area contributed by atoms with Gasteiger partial charge in [0.15, 0.2) is 0 Å². The molecule has 0 amide bonds. The van der Waals surface area contributed by atoms with Crippen LogP contribution in [-0.2, 0) is 0 Å². The number of hydrogen-bond acceptors (Lipinski definition) is 1. The molecule has 1 aromatic carbocycles. The Kier molecular flexibility index (Phi) is 2.96. The molecule has 0 fully saturated rings. The van der Waals surface area contributed by atoms with E-state index < -0.39 is 0 Å². The second kappa shape index (κ2) is 3.59. The minimum Gasteiger partial charge on any atom is -0.206 e. The van der Waals surface area contributed by atoms with E-state index in [4.69, 9.17) is 0 Å². The molecule has 0 radical (unpaired) electrons. The summed E-state index contributed by atoms with van der Waals surface area (Å²) < 4.78 is 13.5. The summed E-state index contributed by atoms with van der Waals surface area (Å²) in [5, 5.41) is 0. The van der Waals surface area contributed by atoms with Crippen LogP contribution in [0, 0.1) is 12.7 Å². The van der Waals surface area contributed by atoms with Crippen molar-refractivity contribution < 1.29 is 4.39 Å². The molecule has 0 saturated heterocycles. The molecular weight excluding hydrogens is 227 g/mol. The fourth-order valence-corrected chi connectivity index (χ4v) is 1.56. The zero-order valence-electron chi connectivity index (χ0n) is 6.32. The van der Waals surface area contributed by atoms with Crippen molar-refractivity contribution in [2.45, 2.75) is 11.8 Å². The molecular formula is C8H8BrFS. The van der Waals surface area contributed by atoms with Crippen molar-refractivity contribution in [3.63, 3.8) is 0 Å². The predicted octanol–water partition coefficient (Wildman–Crippen LogP) is 3.62. The molecule has 0 atom stereocenters. The van der Waals surface area contributed by atoms with Gasteiger partial charge in [0.25, 0.3) is 0 Å². The van der Waals surface area contributed by atoms with E-state index in [1.165, 1.54) is 6.07 Å². The average molecular weight is 235 g/mol. The van der Waals surface area contributed by atoms with Gasteiger partial charge in [-0.25, -0.2) is 4.39 Å². The van der Waals surface area contributed by atoms with Crippen LogP contribution in [0.2, 0.25) is 0 Å². The van der Waals surface area contributed by atoms with Crippen LogP contribution in [0.25, 0.3) is 0 Å². The van der Waals surface area contributed by atoms with Gasteiger partial charge in [0.05, 0.1) is 4.47 Å². The van der Waals surface area contributed by atoms with E-state index in [0.717, 1.165) is 10.5 Å². The van der Waals surface area contributed by atoms with Crippen molar-refractivity contribution in [1.82, 2.24) is 0 Å². The molecule has 0 aliphatic carbocycles. The number of hydrogen-bond donors (Lipinski definition) is 0. The Hall–Kier alpha value is -0.0200. The first-order valence-electron chi connectivity index (χ1n) is 3.15. The summed E-state index contributed by atoms with van der Waals surface area (Å²) in [7, 11) is 0. The molecule has 1 rings (SSSR count). The highest BCUT2D eigenvalue weighted by atomic mass is 79.9. The van der Waals surface area contributed by atoms with E-state index in [-0.39, 0.29) is 5.82 Å². The Morgan fingerprint density at radius 2 is 2.09 bits per heavy atom. The van der Waals surface area contributed by atoms with Crippen LogP contribution >= 0.6 is 27.7 Å². The number of aryl methyl sites for hydroxylation is 1. The standard InChI is InChI=1S/C8H8BrFS/c1-5-3-6(11-2)4-7(10)8(5)9/h3-4H,1-2H3. The first-order valence-corrected chi connectivity index (χ1v) is 5.16. The van der Waals surface area contributed by atoms with Gasteiger partial charge in [0, 0.05) is 4.90 Å². The minimum absolute atomic E-state index is 0.186. The van der Waals surface area contributed by atoms with Crippen molar-refractivity contribution in [1.29, 1.82) is 0 Å². The van der Waals surface area contributed by atoms with Gasteiger partial charge in [0.1, 0.15) is 5.82 Å². The first kappa shape index (κ1) is 9.07. The van der Waals surface area contributed by atoms with Crippen molar-refractivity contribution in [3.05, 3.63) is 28.0 Å². The van der Waals surface area contributed by atoms with Gasteiger partial charge in [-0.15, -0.1) is 11.8 Å². The molecule has 0 spiro atoms. The zero-order valence-corrected chi connectivity index (χ0v) is 8.72. The van der Waals surface area contributed by atoms with Crippen molar-refractivity contribution in [3.8, 4) is 0 Å². The smallest absolute Gasteiger partial charge is 0.138 e. The lowest BCUT2D eigenvalue weighted by atomic mass is 10.2. The molecule has 0 N–H and O–H groups in total. The Labute approximate surface area is 78.3 Å². The third-order valence-corrected chi connectivity index (χ3v) is 3.13. The van der Waals surface area contributed by atoms with Crippen LogP contribution in [0.3, 0.4) is 0 Å². The summed E-state index contributed by atoms with van der Waals surface area (Å²) in [6, 6.07) is 3.49. The molecule has 0 aliphatic rings. The Morgan fingerprint density at radius 1 is 1.45 bits per heavy atom. The molecule has 0 unspecified atom stereocenters. The van der Waals surface area contributed by atoms with E-state index in [0.29, 0.717) is 4.47 Å². The van der Waals surface area contributed by atoms with Gasteiger partial charge in [-0.2, -0.15) is 0 Å². The molecule has 3 heteroatoms. The van der Waals surface area contributed by atoms with Crippen LogP contribution in [0.5, 0.6) is 0 Å². The fraction of sp³-hybridized carbons (Fsp3) is 0.250. The molecule has 0 saturated carbocycles. The predicted molar refractivity (Wildman–Crippen MR) is 50.6 cm³/mol. The third kappa shape index (κ3) is 1.97. The lowest BCUT2D eigenvalue weighted by Crippen LogP contribution is -1.83. The van der Waals surface area contributed by atoms with E-state index in [9.17, 15) is 4.39 Å². The Balaban J connectivity index is 3.21. The summed E-state index contributed by atoms with van der Waals surface area (Å²) in [5.74, 6) is -0.186. The second-order valence-corrected chi connectivity index (χ2v) is 3.91. The van der Waals surface area contributed by atoms with Crippen LogP contribution in [0.4, 0.5) is 4.39 Å². The summed E-state index contributed by atoms with van der Waals surface area (Å²) in [6.07, 6.45) is 1.93. The minimum atomic E-state index is -0.186. The SMILES string of the molecule is CSc1cc(C)c(Br)c(F)c1. The van der Waals surface area contributed by atoms with E-state index >= 15 is 0 Å². The van der Waals surface area contributed by atoms with Crippen LogP contribution in [0.15, 0.2) is 21.5 Å². The maximum atomic E-state index is 13.0. The van der Waals surface area contributed by atoms with Gasteiger partial charge in [-0.1, -0.05) is 0 Å². The normalized spacial score (nSPS) is 10.2. The van der Waals surface area contributed by atoms with E-state index in [1.807, 2.05) is 19.2 Å². The summed E-state index contributed by atoms with van der Waals surface area (Å²) in [6.45, 7) is 1.88. The molecule has 60 valence electrons. The maximum Gasteiger partial charge on any atom is 0.138 e. The zero-order chi connectivity index (χ0) is 8.43. The van der Waals surface area contributed by atoms with Gasteiger partial charge >= 0.3 is 0 Å². The quantitative estimate of drug-likeness (QED) is 0.670. The highest BCUT2D eigenvalue weighted by Gasteiger charge is 2.03. The molecule has 0 nitrogen and oxygen atoms in total. The number of rotatable bonds is 1. The summed E-state index contributed by atoms with van der Waals surface area (Å²) in [5.41, 5.74) is 0.939. The molecule has 0 bridgehead atoms. The van der Waals surface area contributed by atoms with Gasteiger partial charge < -0.3 is 0 Å². The van der Waals surface area contributed by atoms with Crippen LogP contribution in [0.1, 0.15) is 5.56 Å². The average Bonchev–Trinajstić information content (AvgIpc) is 1.99. The van der Waals surface area contributed by atoms with E-state index in [1.54, 1.807) is 11.8 Å². The molecule has 1 aromatic rings. The summed E-state index contributed by atoms with van der Waals surface area (Å²) in [4.78, 5) is 0.961. The molecule has 0 heterocycles. The Bertz CT molecular complexity index is 250. The van der Waals surface area contributed by atoms with Crippen LogP contribution in [-0.4, -0.2) is 6.26 Å². The second-order valence-electron chi connectivity index (χ2n) is 2.24. The highest BCUT2D eigenvalue weighted by molar-refractivity contribution is 9.10. The molecule has 0 aliphatic heterocycles. The maximum absolute atomic E-state index is 13.0. The van der Waals surface area contributed by atoms with E-state index in [2.05, 4.69) is 15.9 Å². The third-order valence-electron chi connectivity index (χ3n) is 1.42. The number of halogens is 2. The fourth-order valence-electron chi connectivity index (χ4n) is 0.813. The van der Waals surface area contributed by atoms with Gasteiger partial charge in [-0.05, 0) is 46.8 Å². The van der Waals surface area contributed by atoms with Gasteiger partial charge in [-0.3, -0.25) is 0 Å². The largest absolute Gasteiger partial charge is 0.206 e. The lowest BCUT2D eigenvalue weighted by molar-refractivity contribution is 0.616. The van der Waals surface area contributed by atoms with Crippen molar-refractivity contribution >= 4 is 27.7 Å². The van der Waals surface area contributed by atoms with Crippen molar-refractivity contribution in [2.24, 2.45) is 0 Å². The van der Waals surface area contributed by atoms with Gasteiger partial charge in [0.2, 0.25) is 0 Å². The molecule has 11 heavy (non-hydrogen) atoms. The topological polar surface area (TPSA) is 0 Å². The Morgan fingerprint density at radius 3 is 2.55 bits per heavy atom.